The summed E-state index contributed by atoms with van der Waals surface area (Å²) in [4.78, 5) is 11.9. The summed E-state index contributed by atoms with van der Waals surface area (Å²) >= 11 is 3.30. The van der Waals surface area contributed by atoms with Crippen LogP contribution in [0.1, 0.15) is 23.8 Å². The summed E-state index contributed by atoms with van der Waals surface area (Å²) in [6.07, 6.45) is 2.72. The number of carbonyl (C=O) groups is 1. The molecule has 1 rings (SSSR count). The minimum absolute atomic E-state index is 0.00654. The van der Waals surface area contributed by atoms with E-state index in [1.807, 2.05) is 17.7 Å². The molecule has 0 unspecified atom stereocenters. The topological polar surface area (TPSA) is 94.2 Å². The number of primary sulfonamides is 1. The van der Waals surface area contributed by atoms with Crippen LogP contribution in [-0.2, 0) is 16.6 Å². The van der Waals surface area contributed by atoms with Crippen molar-refractivity contribution in [3.05, 3.63) is 22.4 Å². The molecule has 18 heavy (non-hydrogen) atoms. The number of nitrogens with one attached hydrogen (secondary N) is 1. The standard InChI is InChI=1S/C10H16BrN3O3S/c1-2-4-14-7-8(11)6-9(14)10(15)13-3-5-18(12,16)17/h6-7H,2-5H2,1H3,(H,13,15)(H2,12,16,17). The summed E-state index contributed by atoms with van der Waals surface area (Å²) < 4.78 is 24.1. The van der Waals surface area contributed by atoms with Crippen LogP contribution >= 0.6 is 15.9 Å². The van der Waals surface area contributed by atoms with Crippen molar-refractivity contribution in [3.8, 4) is 0 Å². The molecule has 6 nitrogen and oxygen atoms in total. The van der Waals surface area contributed by atoms with Crippen LogP contribution in [0.4, 0.5) is 0 Å². The Morgan fingerprint density at radius 2 is 2.22 bits per heavy atom. The lowest BCUT2D eigenvalue weighted by Gasteiger charge is -2.08. The molecule has 3 N–H and O–H groups in total. The van der Waals surface area contributed by atoms with Gasteiger partial charge in [-0.3, -0.25) is 4.79 Å². The Morgan fingerprint density at radius 1 is 1.56 bits per heavy atom. The Balaban J connectivity index is 2.66. The molecule has 0 saturated heterocycles. The molecule has 0 spiro atoms. The van der Waals surface area contributed by atoms with E-state index in [1.165, 1.54) is 0 Å². The minimum atomic E-state index is -3.55. The van der Waals surface area contributed by atoms with Gasteiger partial charge in [-0.15, -0.1) is 0 Å². The van der Waals surface area contributed by atoms with Gasteiger partial charge in [0.2, 0.25) is 10.0 Å². The van der Waals surface area contributed by atoms with Gasteiger partial charge in [0.05, 0.1) is 5.75 Å². The first-order chi connectivity index (χ1) is 8.33. The van der Waals surface area contributed by atoms with Gasteiger partial charge in [-0.2, -0.15) is 0 Å². The van der Waals surface area contributed by atoms with Gasteiger partial charge < -0.3 is 9.88 Å². The van der Waals surface area contributed by atoms with Crippen molar-refractivity contribution in [2.24, 2.45) is 5.14 Å². The molecule has 0 fully saturated rings. The molecule has 102 valence electrons. The molecular weight excluding hydrogens is 322 g/mol. The van der Waals surface area contributed by atoms with Gasteiger partial charge in [-0.1, -0.05) is 6.92 Å². The number of hydrogen-bond acceptors (Lipinski definition) is 3. The first-order valence-electron chi connectivity index (χ1n) is 5.48. The second-order valence-electron chi connectivity index (χ2n) is 3.86. The molecule has 0 radical (unpaired) electrons. The lowest BCUT2D eigenvalue weighted by atomic mass is 10.4. The first kappa shape index (κ1) is 15.2. The zero-order valence-electron chi connectivity index (χ0n) is 10.0. The highest BCUT2D eigenvalue weighted by Crippen LogP contribution is 2.15. The number of nitrogens with zero attached hydrogens (tertiary/aromatic N) is 1. The molecular formula is C10H16BrN3O3S. The van der Waals surface area contributed by atoms with E-state index >= 15 is 0 Å². The van der Waals surface area contributed by atoms with Crippen molar-refractivity contribution in [1.82, 2.24) is 9.88 Å². The van der Waals surface area contributed by atoms with Crippen LogP contribution in [0.2, 0.25) is 0 Å². The van der Waals surface area contributed by atoms with E-state index in [1.54, 1.807) is 6.07 Å². The van der Waals surface area contributed by atoms with Crippen LogP contribution in [0.3, 0.4) is 0 Å². The largest absolute Gasteiger partial charge is 0.350 e. The van der Waals surface area contributed by atoms with E-state index in [-0.39, 0.29) is 18.2 Å². The fraction of sp³-hybridized carbons (Fsp3) is 0.500. The number of carbonyl (C=O) groups excluding carboxylic acids is 1. The Morgan fingerprint density at radius 3 is 2.78 bits per heavy atom. The molecule has 1 aromatic rings. The maximum absolute atomic E-state index is 11.9. The van der Waals surface area contributed by atoms with Crippen molar-refractivity contribution >= 4 is 31.9 Å². The Labute approximate surface area is 115 Å². The third-order valence-electron chi connectivity index (χ3n) is 2.23. The molecule has 0 atom stereocenters. The molecule has 0 saturated carbocycles. The van der Waals surface area contributed by atoms with Gasteiger partial charge in [-0.25, -0.2) is 13.6 Å². The summed E-state index contributed by atoms with van der Waals surface area (Å²) in [7, 11) is -3.55. The second-order valence-corrected chi connectivity index (χ2v) is 6.51. The van der Waals surface area contributed by atoms with Gasteiger partial charge in [-0.05, 0) is 28.4 Å². The number of amides is 1. The smallest absolute Gasteiger partial charge is 0.267 e. The van der Waals surface area contributed by atoms with Crippen molar-refractivity contribution in [1.29, 1.82) is 0 Å². The van der Waals surface area contributed by atoms with Crippen LogP contribution in [-0.4, -0.2) is 31.2 Å². The van der Waals surface area contributed by atoms with Crippen molar-refractivity contribution in [3.63, 3.8) is 0 Å². The normalized spacial score (nSPS) is 11.5. The lowest BCUT2D eigenvalue weighted by molar-refractivity contribution is 0.0946. The number of rotatable bonds is 6. The monoisotopic (exact) mass is 337 g/mol. The maximum atomic E-state index is 11.9. The highest BCUT2D eigenvalue weighted by Gasteiger charge is 2.13. The molecule has 1 heterocycles. The van der Waals surface area contributed by atoms with Crippen molar-refractivity contribution < 1.29 is 13.2 Å². The number of aryl methyl sites for hydroxylation is 1. The van der Waals surface area contributed by atoms with Crippen LogP contribution in [0.5, 0.6) is 0 Å². The molecule has 0 aliphatic rings. The minimum Gasteiger partial charge on any atom is -0.350 e. The SMILES string of the molecule is CCCn1cc(Br)cc1C(=O)NCCS(N)(=O)=O. The molecule has 1 aromatic heterocycles. The Bertz CT molecular complexity index is 524. The van der Waals surface area contributed by atoms with Crippen molar-refractivity contribution in [2.45, 2.75) is 19.9 Å². The van der Waals surface area contributed by atoms with E-state index in [0.29, 0.717) is 5.69 Å². The molecule has 0 bridgehead atoms. The van der Waals surface area contributed by atoms with Crippen LogP contribution in [0.25, 0.3) is 0 Å². The predicted octanol–water partition coefficient (Wildman–Crippen LogP) is 0.679. The summed E-state index contributed by atoms with van der Waals surface area (Å²) in [5.74, 6) is -0.577. The molecule has 0 aliphatic heterocycles. The second kappa shape index (κ2) is 6.35. The van der Waals surface area contributed by atoms with E-state index in [0.717, 1.165) is 17.4 Å². The number of halogens is 1. The van der Waals surface area contributed by atoms with Gasteiger partial charge >= 0.3 is 0 Å². The quantitative estimate of drug-likeness (QED) is 0.799. The van der Waals surface area contributed by atoms with Gasteiger partial charge in [0, 0.05) is 23.8 Å². The van der Waals surface area contributed by atoms with Crippen LogP contribution < -0.4 is 10.5 Å². The summed E-state index contributed by atoms with van der Waals surface area (Å²) in [5.41, 5.74) is 0.498. The summed E-state index contributed by atoms with van der Waals surface area (Å²) in [5, 5.41) is 7.38. The highest BCUT2D eigenvalue weighted by atomic mass is 79.9. The third kappa shape index (κ3) is 4.79. The number of aromatic nitrogens is 1. The highest BCUT2D eigenvalue weighted by molar-refractivity contribution is 9.10. The Hall–Kier alpha value is -0.860. The average molecular weight is 338 g/mol. The van der Waals surface area contributed by atoms with Crippen molar-refractivity contribution in [2.75, 3.05) is 12.3 Å². The fourth-order valence-corrected chi connectivity index (χ4v) is 2.34. The molecule has 0 aromatic carbocycles. The zero-order chi connectivity index (χ0) is 13.8. The number of nitrogens with two attached hydrogens (primary N) is 1. The lowest BCUT2D eigenvalue weighted by Crippen LogP contribution is -2.32. The van der Waals surface area contributed by atoms with E-state index < -0.39 is 10.0 Å². The Kier molecular flexibility index (Phi) is 5.36. The van der Waals surface area contributed by atoms with Gasteiger partial charge in [0.15, 0.2) is 0 Å². The molecule has 8 heteroatoms. The molecule has 0 aliphatic carbocycles. The predicted molar refractivity (Wildman–Crippen MR) is 72.7 cm³/mol. The maximum Gasteiger partial charge on any atom is 0.267 e. The summed E-state index contributed by atoms with van der Waals surface area (Å²) in [6, 6.07) is 1.70. The average Bonchev–Trinajstić information content (AvgIpc) is 2.58. The van der Waals surface area contributed by atoms with E-state index in [2.05, 4.69) is 21.2 Å². The van der Waals surface area contributed by atoms with Crippen LogP contribution in [0, 0.1) is 0 Å². The summed E-state index contributed by atoms with van der Waals surface area (Å²) in [6.45, 7) is 2.74. The fourth-order valence-electron chi connectivity index (χ4n) is 1.49. The first-order valence-corrected chi connectivity index (χ1v) is 7.98. The van der Waals surface area contributed by atoms with Gasteiger partial charge in [0.25, 0.3) is 5.91 Å². The zero-order valence-corrected chi connectivity index (χ0v) is 12.4. The van der Waals surface area contributed by atoms with E-state index in [4.69, 9.17) is 5.14 Å². The van der Waals surface area contributed by atoms with Crippen LogP contribution in [0.15, 0.2) is 16.7 Å². The number of hydrogen-bond donors (Lipinski definition) is 2. The molecule has 1 amide bonds. The number of sulfonamides is 1. The van der Waals surface area contributed by atoms with E-state index in [9.17, 15) is 13.2 Å². The third-order valence-corrected chi connectivity index (χ3v) is 3.44. The van der Waals surface area contributed by atoms with Gasteiger partial charge in [0.1, 0.15) is 5.69 Å².